The van der Waals surface area contributed by atoms with Gasteiger partial charge in [0.05, 0.1) is 0 Å². The average Bonchev–Trinajstić information content (AvgIpc) is 3.41. The number of rotatable bonds is 8. The molecule has 1 aliphatic heterocycles. The van der Waals surface area contributed by atoms with Crippen LogP contribution in [0.1, 0.15) is 25.7 Å². The third-order valence-corrected chi connectivity index (χ3v) is 3.69. The predicted molar refractivity (Wildman–Crippen MR) is 92.1 cm³/mol. The monoisotopic (exact) mass is 335 g/mol. The highest BCUT2D eigenvalue weighted by atomic mass is 16.5. The van der Waals surface area contributed by atoms with Gasteiger partial charge in [0, 0.05) is 43.8 Å². The van der Waals surface area contributed by atoms with Crippen LogP contribution >= 0.6 is 0 Å². The van der Waals surface area contributed by atoms with Gasteiger partial charge in [0.2, 0.25) is 5.91 Å². The first kappa shape index (κ1) is 16.6. The lowest BCUT2D eigenvalue weighted by molar-refractivity contribution is -0.116. The van der Waals surface area contributed by atoms with Gasteiger partial charge in [-0.2, -0.15) is 10.2 Å². The fraction of sp³-hybridized carbons (Fsp3) is 0.278. The number of carbonyl (C=O) groups is 1. The molecule has 0 radical (unpaired) electrons. The van der Waals surface area contributed by atoms with Gasteiger partial charge in [-0.15, -0.1) is 12.3 Å². The molecule has 0 unspecified atom stereocenters. The van der Waals surface area contributed by atoms with Crippen LogP contribution in [-0.4, -0.2) is 21.5 Å². The van der Waals surface area contributed by atoms with Gasteiger partial charge in [-0.25, -0.2) is 9.97 Å². The number of terminal acetylenes is 1. The van der Waals surface area contributed by atoms with Gasteiger partial charge in [0.15, 0.2) is 5.66 Å². The van der Waals surface area contributed by atoms with Crippen LogP contribution in [0, 0.1) is 12.3 Å². The molecule has 1 aromatic carbocycles. The van der Waals surface area contributed by atoms with Crippen molar-refractivity contribution in [3.8, 4) is 24.1 Å². The molecule has 7 nitrogen and oxygen atoms in total. The van der Waals surface area contributed by atoms with Crippen LogP contribution in [0.3, 0.4) is 0 Å². The number of hydrogen-bond acceptors (Lipinski definition) is 6. The van der Waals surface area contributed by atoms with E-state index in [0.29, 0.717) is 37.1 Å². The fourth-order valence-corrected chi connectivity index (χ4v) is 2.26. The first-order valence-electron chi connectivity index (χ1n) is 7.91. The molecule has 0 bridgehead atoms. The first-order chi connectivity index (χ1) is 12.2. The molecule has 2 heterocycles. The number of benzene rings is 1. The van der Waals surface area contributed by atoms with Crippen molar-refractivity contribution in [2.75, 3.05) is 5.32 Å². The van der Waals surface area contributed by atoms with Crippen LogP contribution in [0.25, 0.3) is 0 Å². The van der Waals surface area contributed by atoms with Crippen molar-refractivity contribution in [1.82, 2.24) is 9.97 Å². The van der Waals surface area contributed by atoms with E-state index in [1.807, 2.05) is 0 Å². The number of amides is 1. The fourth-order valence-electron chi connectivity index (χ4n) is 2.26. The predicted octanol–water partition coefficient (Wildman–Crippen LogP) is 3.56. The zero-order valence-corrected chi connectivity index (χ0v) is 13.6. The molecule has 7 heteroatoms. The molecule has 1 amide bonds. The second kappa shape index (κ2) is 7.53. The first-order valence-corrected chi connectivity index (χ1v) is 7.91. The third-order valence-electron chi connectivity index (χ3n) is 3.69. The van der Waals surface area contributed by atoms with Gasteiger partial charge in [-0.3, -0.25) is 4.79 Å². The zero-order valence-electron chi connectivity index (χ0n) is 13.6. The van der Waals surface area contributed by atoms with E-state index in [2.05, 4.69) is 31.4 Å². The Bertz CT molecular complexity index is 790. The SMILES string of the molecule is C#CCCC1(CCC(=O)Nc2ccc(Oc3ncccn3)cc2)N=N1. The molecular formula is C18H17N5O2. The highest BCUT2D eigenvalue weighted by Gasteiger charge is 2.39. The maximum absolute atomic E-state index is 12.1. The van der Waals surface area contributed by atoms with Gasteiger partial charge in [0.1, 0.15) is 5.75 Å². The molecule has 0 saturated heterocycles. The molecule has 126 valence electrons. The van der Waals surface area contributed by atoms with E-state index in [9.17, 15) is 4.79 Å². The molecular weight excluding hydrogens is 318 g/mol. The molecule has 1 N–H and O–H groups in total. The molecule has 0 saturated carbocycles. The summed E-state index contributed by atoms with van der Waals surface area (Å²) in [6, 6.07) is 8.99. The van der Waals surface area contributed by atoms with E-state index in [0.717, 1.165) is 0 Å². The minimum Gasteiger partial charge on any atom is -0.424 e. The number of aromatic nitrogens is 2. The second-order valence-electron chi connectivity index (χ2n) is 5.59. The Hall–Kier alpha value is -3.27. The number of anilines is 1. The molecule has 0 atom stereocenters. The lowest BCUT2D eigenvalue weighted by Gasteiger charge is -2.09. The smallest absolute Gasteiger partial charge is 0.321 e. The summed E-state index contributed by atoms with van der Waals surface area (Å²) in [5.74, 6) is 3.08. The Labute approximate surface area is 145 Å². The van der Waals surface area contributed by atoms with E-state index in [4.69, 9.17) is 11.2 Å². The Balaban J connectivity index is 1.46. The molecule has 1 aromatic heterocycles. The van der Waals surface area contributed by atoms with Crippen molar-refractivity contribution >= 4 is 11.6 Å². The number of hydrogen-bond donors (Lipinski definition) is 1. The normalized spacial score (nSPS) is 13.7. The lowest BCUT2D eigenvalue weighted by atomic mass is 10.0. The standard InChI is InChI=1S/C18H17N5O2/c1-2-3-10-18(22-23-18)11-9-16(24)21-14-5-7-15(8-6-14)25-17-19-12-4-13-20-17/h1,4-8,12-13H,3,9-11H2,(H,21,24). The van der Waals surface area contributed by atoms with Crippen molar-refractivity contribution in [3.05, 3.63) is 42.7 Å². The van der Waals surface area contributed by atoms with E-state index in [1.165, 1.54) is 0 Å². The number of nitrogens with one attached hydrogen (secondary N) is 1. The third kappa shape index (κ3) is 4.85. The maximum Gasteiger partial charge on any atom is 0.321 e. The van der Waals surface area contributed by atoms with Gasteiger partial charge >= 0.3 is 6.01 Å². The highest BCUT2D eigenvalue weighted by molar-refractivity contribution is 5.90. The Morgan fingerprint density at radius 2 is 1.88 bits per heavy atom. The minimum absolute atomic E-state index is 0.0857. The Morgan fingerprint density at radius 1 is 1.16 bits per heavy atom. The van der Waals surface area contributed by atoms with Crippen molar-refractivity contribution in [1.29, 1.82) is 0 Å². The summed E-state index contributed by atoms with van der Waals surface area (Å²) < 4.78 is 5.50. The topological polar surface area (TPSA) is 88.8 Å². The molecule has 3 rings (SSSR count). The molecule has 25 heavy (non-hydrogen) atoms. The van der Waals surface area contributed by atoms with Gasteiger partial charge < -0.3 is 10.1 Å². The van der Waals surface area contributed by atoms with Crippen LogP contribution < -0.4 is 10.1 Å². The quantitative estimate of drug-likeness (QED) is 0.747. The second-order valence-corrected chi connectivity index (χ2v) is 5.59. The summed E-state index contributed by atoms with van der Waals surface area (Å²) in [5.41, 5.74) is 0.255. The van der Waals surface area contributed by atoms with E-state index in [-0.39, 0.29) is 11.9 Å². The summed E-state index contributed by atoms with van der Waals surface area (Å²) in [6.45, 7) is 0. The molecule has 0 fully saturated rings. The summed E-state index contributed by atoms with van der Waals surface area (Å²) in [5, 5.41) is 10.9. The van der Waals surface area contributed by atoms with E-state index < -0.39 is 5.66 Å². The van der Waals surface area contributed by atoms with Gasteiger partial charge in [-0.1, -0.05) is 0 Å². The van der Waals surface area contributed by atoms with Crippen LogP contribution in [0.5, 0.6) is 11.8 Å². The van der Waals surface area contributed by atoms with Crippen LogP contribution in [0.4, 0.5) is 5.69 Å². The highest BCUT2D eigenvalue weighted by Crippen LogP contribution is 2.37. The minimum atomic E-state index is -0.433. The van der Waals surface area contributed by atoms with Crippen molar-refractivity contribution < 1.29 is 9.53 Å². The Morgan fingerprint density at radius 3 is 2.52 bits per heavy atom. The average molecular weight is 335 g/mol. The van der Waals surface area contributed by atoms with Crippen molar-refractivity contribution in [2.24, 2.45) is 10.2 Å². The van der Waals surface area contributed by atoms with Crippen LogP contribution in [0.15, 0.2) is 53.0 Å². The van der Waals surface area contributed by atoms with Crippen molar-refractivity contribution in [3.63, 3.8) is 0 Å². The Kier molecular flexibility index (Phi) is 5.00. The molecule has 0 aliphatic carbocycles. The lowest BCUT2D eigenvalue weighted by Crippen LogP contribution is -2.17. The van der Waals surface area contributed by atoms with E-state index in [1.54, 1.807) is 42.7 Å². The number of nitrogens with zero attached hydrogens (tertiary/aromatic N) is 4. The molecule has 1 aliphatic rings. The largest absolute Gasteiger partial charge is 0.424 e. The summed E-state index contributed by atoms with van der Waals surface area (Å²) >= 11 is 0. The summed E-state index contributed by atoms with van der Waals surface area (Å²) in [7, 11) is 0. The summed E-state index contributed by atoms with van der Waals surface area (Å²) in [6.07, 6.45) is 10.7. The van der Waals surface area contributed by atoms with E-state index >= 15 is 0 Å². The van der Waals surface area contributed by atoms with Gasteiger partial charge in [0.25, 0.3) is 0 Å². The summed E-state index contributed by atoms with van der Waals surface area (Å²) in [4.78, 5) is 20.0. The number of ether oxygens (including phenoxy) is 1. The van der Waals surface area contributed by atoms with Crippen LogP contribution in [-0.2, 0) is 4.79 Å². The molecule has 2 aromatic rings. The maximum atomic E-state index is 12.1. The zero-order chi connectivity index (χ0) is 17.5. The number of carbonyl (C=O) groups excluding carboxylic acids is 1. The van der Waals surface area contributed by atoms with Crippen LogP contribution in [0.2, 0.25) is 0 Å². The van der Waals surface area contributed by atoms with Gasteiger partial charge in [-0.05, 0) is 30.3 Å². The molecule has 0 spiro atoms. The van der Waals surface area contributed by atoms with Crippen molar-refractivity contribution in [2.45, 2.75) is 31.3 Å².